The first-order valence-corrected chi connectivity index (χ1v) is 5.26. The third kappa shape index (κ3) is 2.93. The van der Waals surface area contributed by atoms with Gasteiger partial charge in [-0.1, -0.05) is 17.3 Å². The fourth-order valence-corrected chi connectivity index (χ4v) is 1.65. The first-order chi connectivity index (χ1) is 8.29. The van der Waals surface area contributed by atoms with E-state index in [-0.39, 0.29) is 5.82 Å². The van der Waals surface area contributed by atoms with Gasteiger partial charge in [0.15, 0.2) is 0 Å². The highest BCUT2D eigenvalue weighted by Gasteiger charge is 2.12. The van der Waals surface area contributed by atoms with Crippen LogP contribution in [-0.2, 0) is 6.42 Å². The molecule has 0 bridgehead atoms. The molecule has 3 nitrogen and oxygen atoms in total. The maximum atomic E-state index is 12.7. The van der Waals surface area contributed by atoms with Crippen LogP contribution in [0.25, 0.3) is 0 Å². The quantitative estimate of drug-likeness (QED) is 0.756. The maximum Gasteiger partial charge on any atom is 0.123 e. The Morgan fingerprint density at radius 1 is 1.12 bits per heavy atom. The average molecular weight is 230 g/mol. The molecule has 1 atom stereocenters. The molecule has 1 heterocycles. The first-order valence-electron chi connectivity index (χ1n) is 5.26. The Bertz CT molecular complexity index is 485. The third-order valence-corrected chi connectivity index (χ3v) is 2.56. The van der Waals surface area contributed by atoms with Crippen molar-refractivity contribution in [3.05, 3.63) is 70.6 Å². The van der Waals surface area contributed by atoms with Crippen LogP contribution in [0.4, 0.5) is 4.39 Å². The lowest BCUT2D eigenvalue weighted by Crippen LogP contribution is -1.99. The van der Waals surface area contributed by atoms with Crippen LogP contribution in [0.15, 0.2) is 54.0 Å². The summed E-state index contributed by atoms with van der Waals surface area (Å²) in [6, 6.07) is 9.14. The molecule has 0 saturated carbocycles. The van der Waals surface area contributed by atoms with E-state index >= 15 is 0 Å². The van der Waals surface area contributed by atoms with Gasteiger partial charge in [0, 0.05) is 18.8 Å². The van der Waals surface area contributed by atoms with Gasteiger partial charge in [-0.3, -0.25) is 4.98 Å². The van der Waals surface area contributed by atoms with Gasteiger partial charge in [-0.25, -0.2) is 4.39 Å². The SMILES string of the molecule is O=NC(Cc1ccc(F)cc1)c1ccncc1. The van der Waals surface area contributed by atoms with Crippen molar-refractivity contribution < 1.29 is 4.39 Å². The lowest BCUT2D eigenvalue weighted by Gasteiger charge is -2.08. The third-order valence-electron chi connectivity index (χ3n) is 2.56. The van der Waals surface area contributed by atoms with Crippen LogP contribution in [-0.4, -0.2) is 4.98 Å². The summed E-state index contributed by atoms with van der Waals surface area (Å²) in [6.07, 6.45) is 3.71. The van der Waals surface area contributed by atoms with E-state index in [2.05, 4.69) is 10.2 Å². The zero-order valence-electron chi connectivity index (χ0n) is 9.08. The summed E-state index contributed by atoms with van der Waals surface area (Å²) < 4.78 is 12.7. The standard InChI is InChI=1S/C13H11FN2O/c14-12-3-1-10(2-4-12)9-13(16-17)11-5-7-15-8-6-11/h1-8,13H,9H2. The Labute approximate surface area is 98.3 Å². The number of nitroso groups, excluding NO2 is 1. The molecule has 4 heteroatoms. The molecule has 2 rings (SSSR count). The van der Waals surface area contributed by atoms with Gasteiger partial charge in [-0.05, 0) is 35.4 Å². The second-order valence-electron chi connectivity index (χ2n) is 3.73. The number of hydrogen-bond donors (Lipinski definition) is 0. The molecular formula is C13H11FN2O. The molecule has 0 aliphatic carbocycles. The van der Waals surface area contributed by atoms with Gasteiger partial charge in [-0.2, -0.15) is 4.91 Å². The van der Waals surface area contributed by atoms with Gasteiger partial charge in [-0.15, -0.1) is 0 Å². The largest absolute Gasteiger partial charge is 0.265 e. The van der Waals surface area contributed by atoms with Crippen molar-refractivity contribution in [3.63, 3.8) is 0 Å². The molecule has 1 aromatic heterocycles. The Kier molecular flexibility index (Phi) is 3.55. The van der Waals surface area contributed by atoms with Gasteiger partial charge < -0.3 is 0 Å². The van der Waals surface area contributed by atoms with Crippen molar-refractivity contribution in [2.45, 2.75) is 12.5 Å². The number of rotatable bonds is 4. The molecular weight excluding hydrogens is 219 g/mol. The maximum absolute atomic E-state index is 12.7. The van der Waals surface area contributed by atoms with Crippen molar-refractivity contribution in [1.29, 1.82) is 0 Å². The van der Waals surface area contributed by atoms with E-state index in [1.165, 1.54) is 12.1 Å². The predicted octanol–water partition coefficient (Wildman–Crippen LogP) is 3.27. The van der Waals surface area contributed by atoms with E-state index in [0.29, 0.717) is 6.42 Å². The number of aromatic nitrogens is 1. The van der Waals surface area contributed by atoms with Gasteiger partial charge in [0.05, 0.1) is 0 Å². The summed E-state index contributed by atoms with van der Waals surface area (Å²) in [6.45, 7) is 0. The fourth-order valence-electron chi connectivity index (χ4n) is 1.65. The zero-order valence-corrected chi connectivity index (χ0v) is 9.08. The number of pyridine rings is 1. The van der Waals surface area contributed by atoms with E-state index in [0.717, 1.165) is 11.1 Å². The van der Waals surface area contributed by atoms with Gasteiger partial charge in [0.25, 0.3) is 0 Å². The minimum Gasteiger partial charge on any atom is -0.265 e. The molecule has 0 N–H and O–H groups in total. The van der Waals surface area contributed by atoms with Crippen molar-refractivity contribution in [2.24, 2.45) is 5.18 Å². The number of benzene rings is 1. The smallest absolute Gasteiger partial charge is 0.123 e. The Balaban J connectivity index is 2.16. The van der Waals surface area contributed by atoms with E-state index < -0.39 is 6.04 Å². The van der Waals surface area contributed by atoms with Gasteiger partial charge in [0.1, 0.15) is 11.9 Å². The van der Waals surface area contributed by atoms with Crippen LogP contribution in [0.3, 0.4) is 0 Å². The van der Waals surface area contributed by atoms with Gasteiger partial charge >= 0.3 is 0 Å². The Morgan fingerprint density at radius 2 is 1.76 bits per heavy atom. The lowest BCUT2D eigenvalue weighted by molar-refractivity contribution is 0.625. The van der Waals surface area contributed by atoms with Crippen molar-refractivity contribution in [2.75, 3.05) is 0 Å². The van der Waals surface area contributed by atoms with Crippen LogP contribution in [0.2, 0.25) is 0 Å². The van der Waals surface area contributed by atoms with Gasteiger partial charge in [0.2, 0.25) is 0 Å². The highest BCUT2D eigenvalue weighted by atomic mass is 19.1. The predicted molar refractivity (Wildman–Crippen MR) is 62.9 cm³/mol. The zero-order chi connectivity index (χ0) is 12.1. The Morgan fingerprint density at radius 3 is 2.35 bits per heavy atom. The summed E-state index contributed by atoms with van der Waals surface area (Å²) in [5.41, 5.74) is 1.70. The second kappa shape index (κ2) is 5.30. The average Bonchev–Trinajstić information content (AvgIpc) is 2.39. The second-order valence-corrected chi connectivity index (χ2v) is 3.73. The molecule has 1 aromatic carbocycles. The van der Waals surface area contributed by atoms with Crippen LogP contribution >= 0.6 is 0 Å². The van der Waals surface area contributed by atoms with Crippen LogP contribution in [0.5, 0.6) is 0 Å². The van der Waals surface area contributed by atoms with Crippen LogP contribution < -0.4 is 0 Å². The number of hydrogen-bond acceptors (Lipinski definition) is 3. The normalized spacial score (nSPS) is 12.1. The molecule has 0 fully saturated rings. The summed E-state index contributed by atoms with van der Waals surface area (Å²) in [5, 5.41) is 3.10. The Hall–Kier alpha value is -2.10. The molecule has 86 valence electrons. The topological polar surface area (TPSA) is 42.3 Å². The molecule has 0 spiro atoms. The molecule has 0 aliphatic rings. The highest BCUT2D eigenvalue weighted by molar-refractivity contribution is 5.22. The summed E-state index contributed by atoms with van der Waals surface area (Å²) in [4.78, 5) is 14.7. The minimum atomic E-state index is -0.455. The van der Waals surface area contributed by atoms with Crippen LogP contribution in [0.1, 0.15) is 17.2 Å². The monoisotopic (exact) mass is 230 g/mol. The van der Waals surface area contributed by atoms with Crippen molar-refractivity contribution in [3.8, 4) is 0 Å². The molecule has 0 saturated heterocycles. The van der Waals surface area contributed by atoms with Crippen molar-refractivity contribution in [1.82, 2.24) is 4.98 Å². The highest BCUT2D eigenvalue weighted by Crippen LogP contribution is 2.21. The minimum absolute atomic E-state index is 0.284. The molecule has 0 amide bonds. The van der Waals surface area contributed by atoms with E-state index in [9.17, 15) is 9.30 Å². The first kappa shape index (κ1) is 11.4. The molecule has 2 aromatic rings. The molecule has 0 aliphatic heterocycles. The molecule has 17 heavy (non-hydrogen) atoms. The lowest BCUT2D eigenvalue weighted by atomic mass is 10.0. The van der Waals surface area contributed by atoms with E-state index in [1.807, 2.05) is 0 Å². The summed E-state index contributed by atoms with van der Waals surface area (Å²) in [7, 11) is 0. The van der Waals surface area contributed by atoms with Crippen LogP contribution in [0, 0.1) is 10.7 Å². The van der Waals surface area contributed by atoms with E-state index in [1.54, 1.807) is 36.7 Å². The van der Waals surface area contributed by atoms with Crippen molar-refractivity contribution >= 4 is 0 Å². The molecule has 0 radical (unpaired) electrons. The fraction of sp³-hybridized carbons (Fsp3) is 0.154. The summed E-state index contributed by atoms with van der Waals surface area (Å²) in [5.74, 6) is -0.284. The number of halogens is 1. The number of nitrogens with zero attached hydrogens (tertiary/aromatic N) is 2. The van der Waals surface area contributed by atoms with E-state index in [4.69, 9.17) is 0 Å². The molecule has 1 unspecified atom stereocenters. The summed E-state index contributed by atoms with van der Waals surface area (Å²) >= 11 is 0.